The highest BCUT2D eigenvalue weighted by Gasteiger charge is 2.29. The number of hydrogen-bond acceptors (Lipinski definition) is 9. The minimum Gasteiger partial charge on any atom is -0.493 e. The van der Waals surface area contributed by atoms with Crippen LogP contribution in [0, 0.1) is 0 Å². The number of rotatable bonds is 10. The molecule has 3 rings (SSSR count). The van der Waals surface area contributed by atoms with Crippen LogP contribution in [0.2, 0.25) is 0 Å². The Kier molecular flexibility index (Phi) is 7.82. The minimum absolute atomic E-state index is 0.0606. The van der Waals surface area contributed by atoms with E-state index in [2.05, 4.69) is 5.32 Å². The third-order valence-electron chi connectivity index (χ3n) is 5.06. The molecule has 11 heteroatoms. The summed E-state index contributed by atoms with van der Waals surface area (Å²) < 4.78 is 27.1. The Labute approximate surface area is 200 Å². The highest BCUT2D eigenvalue weighted by atomic mass is 16.5. The van der Waals surface area contributed by atoms with E-state index >= 15 is 0 Å². The Morgan fingerprint density at radius 1 is 1.09 bits per heavy atom. The van der Waals surface area contributed by atoms with E-state index in [0.29, 0.717) is 28.4 Å². The number of amides is 1. The third-order valence-corrected chi connectivity index (χ3v) is 5.06. The predicted molar refractivity (Wildman–Crippen MR) is 122 cm³/mol. The van der Waals surface area contributed by atoms with Crippen LogP contribution in [0.15, 0.2) is 36.1 Å². The van der Waals surface area contributed by atoms with Crippen LogP contribution in [-0.2, 0) is 9.59 Å². The number of hydrogen-bond donors (Lipinski definition) is 3. The Morgan fingerprint density at radius 3 is 2.29 bits per heavy atom. The van der Waals surface area contributed by atoms with E-state index in [1.54, 1.807) is 12.1 Å². The molecule has 35 heavy (non-hydrogen) atoms. The molecule has 0 bridgehead atoms. The van der Waals surface area contributed by atoms with E-state index in [1.165, 1.54) is 52.5 Å². The van der Waals surface area contributed by atoms with Crippen LogP contribution in [0.5, 0.6) is 28.7 Å². The van der Waals surface area contributed by atoms with Crippen LogP contribution in [-0.4, -0.2) is 68.0 Å². The van der Waals surface area contributed by atoms with Crippen LogP contribution in [0.4, 0.5) is 0 Å². The summed E-state index contributed by atoms with van der Waals surface area (Å²) in [5, 5.41) is 20.7. The van der Waals surface area contributed by atoms with Crippen molar-refractivity contribution in [2.24, 2.45) is 0 Å². The number of carbonyl (C=O) groups is 3. The Morgan fingerprint density at radius 2 is 1.74 bits per heavy atom. The number of methoxy groups -OCH3 is 3. The smallest absolute Gasteiger partial charge is 0.328 e. The predicted octanol–water partition coefficient (Wildman–Crippen LogP) is 1.66. The van der Waals surface area contributed by atoms with E-state index in [9.17, 15) is 19.5 Å². The molecule has 0 radical (unpaired) electrons. The fraction of sp³-hybridized carbons (Fsp3) is 0.292. The number of aliphatic carboxylic acids is 1. The van der Waals surface area contributed by atoms with E-state index in [0.717, 1.165) is 0 Å². The van der Waals surface area contributed by atoms with Gasteiger partial charge >= 0.3 is 5.97 Å². The van der Waals surface area contributed by atoms with E-state index in [4.69, 9.17) is 28.8 Å². The molecular weight excluding hydrogens is 462 g/mol. The summed E-state index contributed by atoms with van der Waals surface area (Å²) in [6.07, 6.45) is 0.245. The Bertz CT molecular complexity index is 1150. The summed E-state index contributed by atoms with van der Waals surface area (Å²) in [7, 11) is 4.45. The number of nitrogens with one attached hydrogen (secondary N) is 1. The molecule has 0 aromatic heterocycles. The monoisotopic (exact) mass is 487 g/mol. The van der Waals surface area contributed by atoms with Crippen molar-refractivity contribution in [1.29, 1.82) is 0 Å². The van der Waals surface area contributed by atoms with E-state index in [1.807, 2.05) is 0 Å². The van der Waals surface area contributed by atoms with Gasteiger partial charge in [-0.25, -0.2) is 4.79 Å². The Hall–Kier alpha value is -4.25. The summed E-state index contributed by atoms with van der Waals surface area (Å²) in [4.78, 5) is 35.9. The molecule has 11 nitrogen and oxygen atoms in total. The molecule has 2 aromatic carbocycles. The van der Waals surface area contributed by atoms with Crippen molar-refractivity contribution in [1.82, 2.24) is 5.32 Å². The molecule has 0 spiro atoms. The van der Waals surface area contributed by atoms with Crippen LogP contribution in [0.1, 0.15) is 22.8 Å². The van der Waals surface area contributed by atoms with Gasteiger partial charge in [0, 0.05) is 6.07 Å². The van der Waals surface area contributed by atoms with Crippen LogP contribution in [0.25, 0.3) is 6.08 Å². The molecule has 0 aliphatic carbocycles. The second-order valence-electron chi connectivity index (χ2n) is 7.47. The lowest BCUT2D eigenvalue weighted by molar-refractivity contribution is -0.145. The van der Waals surface area contributed by atoms with Gasteiger partial charge in [0.05, 0.1) is 33.0 Å². The average Bonchev–Trinajstić information content (AvgIpc) is 3.14. The number of carboxylic acid groups (broad SMARTS) is 1. The van der Waals surface area contributed by atoms with E-state index < -0.39 is 30.6 Å². The second-order valence-corrected chi connectivity index (χ2v) is 7.47. The number of benzene rings is 2. The largest absolute Gasteiger partial charge is 0.493 e. The standard InChI is InChI=1S/C24H25NO10/c1-12(26)21(24(29)30)25-20(27)11-34-14-5-6-15-16(10-14)35-17(22(15)28)7-13-8-18(31-2)23(33-4)19(9-13)32-3/h5-10,12,21,26H,11H2,1-4H3,(H,25,27)(H,29,30)/t12-,21-/m0/s1. The maximum absolute atomic E-state index is 12.8. The maximum atomic E-state index is 12.8. The molecule has 0 unspecified atom stereocenters. The van der Waals surface area contributed by atoms with Crippen molar-refractivity contribution in [2.75, 3.05) is 27.9 Å². The number of carbonyl (C=O) groups excluding carboxylic acids is 2. The highest BCUT2D eigenvalue weighted by molar-refractivity contribution is 6.14. The lowest BCUT2D eigenvalue weighted by Crippen LogP contribution is -2.49. The van der Waals surface area contributed by atoms with Gasteiger partial charge in [0.1, 0.15) is 11.5 Å². The molecule has 0 fully saturated rings. The van der Waals surface area contributed by atoms with Gasteiger partial charge in [0.25, 0.3) is 5.91 Å². The second kappa shape index (κ2) is 10.8. The minimum atomic E-state index is -1.46. The Balaban J connectivity index is 1.74. The molecule has 2 atom stereocenters. The van der Waals surface area contributed by atoms with Gasteiger partial charge in [0.2, 0.25) is 11.5 Å². The molecule has 1 amide bonds. The van der Waals surface area contributed by atoms with Crippen LogP contribution >= 0.6 is 0 Å². The summed E-state index contributed by atoms with van der Waals surface area (Å²) in [6.45, 7) is 0.745. The first kappa shape index (κ1) is 25.4. The number of ketones is 1. The van der Waals surface area contributed by atoms with Crippen molar-refractivity contribution < 1.29 is 48.3 Å². The van der Waals surface area contributed by atoms with E-state index in [-0.39, 0.29) is 23.0 Å². The van der Waals surface area contributed by atoms with Crippen molar-refractivity contribution in [3.63, 3.8) is 0 Å². The number of allylic oxidation sites excluding steroid dienone is 1. The number of aliphatic hydroxyl groups excluding tert-OH is 1. The first-order chi connectivity index (χ1) is 16.7. The summed E-state index contributed by atoms with van der Waals surface area (Å²) in [6, 6.07) is 6.29. The zero-order valence-electron chi connectivity index (χ0n) is 19.5. The first-order valence-electron chi connectivity index (χ1n) is 10.4. The number of carboxylic acids is 1. The number of aliphatic hydroxyl groups is 1. The van der Waals surface area contributed by atoms with Crippen LogP contribution < -0.4 is 29.0 Å². The summed E-state index contributed by atoms with van der Waals surface area (Å²) >= 11 is 0. The van der Waals surface area contributed by atoms with Crippen LogP contribution in [0.3, 0.4) is 0 Å². The number of Topliss-reactive ketones (excluding diaryl/α,β-unsaturated/α-hetero) is 1. The highest BCUT2D eigenvalue weighted by Crippen LogP contribution is 2.40. The number of fused-ring (bicyclic) bond motifs is 1. The first-order valence-corrected chi connectivity index (χ1v) is 10.4. The molecule has 186 valence electrons. The van der Waals surface area contributed by atoms with Crippen molar-refractivity contribution in [3.05, 3.63) is 47.2 Å². The van der Waals surface area contributed by atoms with Gasteiger partial charge in [0.15, 0.2) is 29.9 Å². The van der Waals surface area contributed by atoms with Crippen molar-refractivity contribution in [3.8, 4) is 28.7 Å². The topological polar surface area (TPSA) is 150 Å². The van der Waals surface area contributed by atoms with Gasteiger partial charge in [-0.15, -0.1) is 0 Å². The zero-order chi connectivity index (χ0) is 25.7. The lowest BCUT2D eigenvalue weighted by atomic mass is 10.1. The molecule has 1 aliphatic heterocycles. The molecule has 2 aromatic rings. The lowest BCUT2D eigenvalue weighted by Gasteiger charge is -2.17. The quantitative estimate of drug-likeness (QED) is 0.422. The average molecular weight is 487 g/mol. The van der Waals surface area contributed by atoms with Crippen molar-refractivity contribution >= 4 is 23.7 Å². The SMILES string of the molecule is COc1cc(C=C2Oc3cc(OCC(=O)N[C@H](C(=O)O)[C@H](C)O)ccc3C2=O)cc(OC)c1OC. The molecule has 1 heterocycles. The molecule has 3 N–H and O–H groups in total. The molecule has 1 aliphatic rings. The summed E-state index contributed by atoms with van der Waals surface area (Å²) in [5.74, 6) is -0.697. The normalized spacial score (nSPS) is 15.0. The van der Waals surface area contributed by atoms with Crippen molar-refractivity contribution in [2.45, 2.75) is 19.1 Å². The maximum Gasteiger partial charge on any atom is 0.328 e. The van der Waals surface area contributed by atoms with Gasteiger partial charge in [-0.05, 0) is 42.8 Å². The van der Waals surface area contributed by atoms with Gasteiger partial charge in [-0.3, -0.25) is 9.59 Å². The van der Waals surface area contributed by atoms with Gasteiger partial charge in [-0.2, -0.15) is 0 Å². The fourth-order valence-electron chi connectivity index (χ4n) is 3.35. The molecule has 0 saturated heterocycles. The number of ether oxygens (including phenoxy) is 5. The zero-order valence-corrected chi connectivity index (χ0v) is 19.5. The summed E-state index contributed by atoms with van der Waals surface area (Å²) in [5.41, 5.74) is 0.885. The molecule has 0 saturated carbocycles. The van der Waals surface area contributed by atoms with Gasteiger partial charge < -0.3 is 39.2 Å². The molecular formula is C24H25NO10. The third kappa shape index (κ3) is 5.64. The fourth-order valence-corrected chi connectivity index (χ4v) is 3.35. The van der Waals surface area contributed by atoms with Gasteiger partial charge in [-0.1, -0.05) is 0 Å².